The number of aryl methyl sites for hydroxylation is 2. The Kier molecular flexibility index (Phi) is 6.55. The van der Waals surface area contributed by atoms with Crippen LogP contribution in [0.4, 0.5) is 10.7 Å². The van der Waals surface area contributed by atoms with Crippen LogP contribution in [-0.4, -0.2) is 75.1 Å². The number of fused-ring (bicyclic) bond motifs is 2. The van der Waals surface area contributed by atoms with E-state index in [4.69, 9.17) is 23.9 Å². The predicted octanol–water partition coefficient (Wildman–Crippen LogP) is 4.40. The first-order valence-electron chi connectivity index (χ1n) is 12.2. The van der Waals surface area contributed by atoms with Gasteiger partial charge < -0.3 is 28.8 Å². The van der Waals surface area contributed by atoms with Crippen molar-refractivity contribution >= 4 is 34.2 Å². The second-order valence-corrected chi connectivity index (χ2v) is 9.45. The normalized spacial score (nSPS) is 15.7. The van der Waals surface area contributed by atoms with Crippen LogP contribution in [0.1, 0.15) is 31.7 Å². The number of hydrogen-bond acceptors (Lipinski definition) is 9. The van der Waals surface area contributed by atoms with Gasteiger partial charge in [-0.15, -0.1) is 0 Å². The molecule has 0 radical (unpaired) electrons. The van der Waals surface area contributed by atoms with Gasteiger partial charge in [0.1, 0.15) is 16.8 Å². The lowest BCUT2D eigenvalue weighted by Crippen LogP contribution is -2.45. The molecule has 0 bridgehead atoms. The average molecular weight is 507 g/mol. The number of benzene rings is 1. The lowest BCUT2D eigenvalue weighted by Gasteiger charge is -2.29. The fourth-order valence-corrected chi connectivity index (χ4v) is 4.97. The van der Waals surface area contributed by atoms with Gasteiger partial charge in [-0.3, -0.25) is 0 Å². The summed E-state index contributed by atoms with van der Waals surface area (Å²) in [5.41, 5.74) is 5.01. The molecule has 5 rings (SSSR count). The lowest BCUT2D eigenvalue weighted by molar-refractivity contribution is 0.0511. The van der Waals surface area contributed by atoms with Crippen molar-refractivity contribution < 1.29 is 23.8 Å². The van der Waals surface area contributed by atoms with E-state index in [9.17, 15) is 9.90 Å². The van der Waals surface area contributed by atoms with Gasteiger partial charge in [-0.2, -0.15) is 0 Å². The Morgan fingerprint density at radius 2 is 2.05 bits per heavy atom. The minimum absolute atomic E-state index is 0.0865. The molecule has 1 aromatic carbocycles. The number of anilines is 1. The third-order valence-electron chi connectivity index (χ3n) is 6.62. The summed E-state index contributed by atoms with van der Waals surface area (Å²) in [6.45, 7) is 8.85. The van der Waals surface area contributed by atoms with Gasteiger partial charge >= 0.3 is 6.09 Å². The number of rotatable bonds is 7. The van der Waals surface area contributed by atoms with Crippen molar-refractivity contribution in [3.05, 3.63) is 35.9 Å². The fourth-order valence-electron chi connectivity index (χ4n) is 4.97. The van der Waals surface area contributed by atoms with Crippen LogP contribution >= 0.6 is 0 Å². The first-order chi connectivity index (χ1) is 17.8. The van der Waals surface area contributed by atoms with E-state index >= 15 is 0 Å². The molecule has 3 aromatic heterocycles. The molecule has 11 heteroatoms. The van der Waals surface area contributed by atoms with E-state index in [1.54, 1.807) is 13.3 Å². The average Bonchev–Trinajstić information content (AvgIpc) is 3.49. The van der Waals surface area contributed by atoms with Crippen molar-refractivity contribution in [1.82, 2.24) is 24.8 Å². The molecule has 1 fully saturated rings. The molecule has 1 N–H and O–H groups in total. The molecule has 194 valence electrons. The highest BCUT2D eigenvalue weighted by molar-refractivity contribution is 5.89. The van der Waals surface area contributed by atoms with E-state index in [2.05, 4.69) is 9.97 Å². The Labute approximate surface area is 214 Å². The fraction of sp³-hybridized carbons (Fsp3) is 0.423. The van der Waals surface area contributed by atoms with Crippen molar-refractivity contribution in [2.24, 2.45) is 0 Å². The molecule has 0 saturated carbocycles. The maximum atomic E-state index is 11.7. The maximum Gasteiger partial charge on any atom is 0.407 e. The summed E-state index contributed by atoms with van der Waals surface area (Å²) in [6, 6.07) is 5.48. The van der Waals surface area contributed by atoms with Crippen LogP contribution in [0.25, 0.3) is 33.4 Å². The molecular formula is C26H30N6O5. The van der Waals surface area contributed by atoms with Crippen LogP contribution in [0, 0.1) is 13.8 Å². The second-order valence-electron chi connectivity index (χ2n) is 9.45. The van der Waals surface area contributed by atoms with Gasteiger partial charge in [-0.05, 0) is 45.4 Å². The summed E-state index contributed by atoms with van der Waals surface area (Å²) in [5, 5.41) is 9.61. The number of nitrogens with zero attached hydrogens (tertiary/aromatic N) is 6. The summed E-state index contributed by atoms with van der Waals surface area (Å²) < 4.78 is 16.9. The molecule has 1 saturated heterocycles. The van der Waals surface area contributed by atoms with Gasteiger partial charge in [0.05, 0.1) is 23.4 Å². The Morgan fingerprint density at radius 1 is 1.24 bits per heavy atom. The highest BCUT2D eigenvalue weighted by Gasteiger charge is 2.33. The molecule has 0 unspecified atom stereocenters. The van der Waals surface area contributed by atoms with Crippen LogP contribution in [0.2, 0.25) is 0 Å². The van der Waals surface area contributed by atoms with E-state index < -0.39 is 6.09 Å². The second kappa shape index (κ2) is 9.81. The van der Waals surface area contributed by atoms with Gasteiger partial charge in [0.2, 0.25) is 5.95 Å². The molecule has 37 heavy (non-hydrogen) atoms. The minimum Gasteiger partial charge on any atom is -0.466 e. The quantitative estimate of drug-likeness (QED) is 0.360. The Balaban J connectivity index is 1.47. The van der Waals surface area contributed by atoms with Crippen LogP contribution in [0.5, 0.6) is 5.75 Å². The molecule has 0 spiro atoms. The van der Waals surface area contributed by atoms with Gasteiger partial charge in [0.25, 0.3) is 0 Å². The van der Waals surface area contributed by atoms with Crippen molar-refractivity contribution in [3.8, 4) is 17.0 Å². The van der Waals surface area contributed by atoms with Crippen molar-refractivity contribution in [2.75, 3.05) is 31.9 Å². The summed E-state index contributed by atoms with van der Waals surface area (Å²) in [7, 11) is 1.57. The maximum absolute atomic E-state index is 11.7. The summed E-state index contributed by atoms with van der Waals surface area (Å²) in [5.74, 6) is 1.77. The van der Waals surface area contributed by atoms with E-state index in [0.29, 0.717) is 53.0 Å². The van der Waals surface area contributed by atoms with E-state index in [0.717, 1.165) is 23.1 Å². The van der Waals surface area contributed by atoms with Gasteiger partial charge in [0.15, 0.2) is 18.3 Å². The van der Waals surface area contributed by atoms with Crippen LogP contribution in [-0.2, 0) is 4.74 Å². The van der Waals surface area contributed by atoms with E-state index in [1.165, 1.54) is 4.90 Å². The molecule has 4 aromatic rings. The minimum atomic E-state index is -0.902. The number of hydrogen-bond donors (Lipinski definition) is 1. The summed E-state index contributed by atoms with van der Waals surface area (Å²) in [4.78, 5) is 33.8. The number of ether oxygens (including phenoxy) is 2. The first kappa shape index (κ1) is 24.7. The number of pyridine rings is 1. The van der Waals surface area contributed by atoms with Crippen LogP contribution in [0.15, 0.2) is 28.8 Å². The lowest BCUT2D eigenvalue weighted by atomic mass is 10.0. The molecule has 4 heterocycles. The van der Waals surface area contributed by atoms with Crippen LogP contribution in [0.3, 0.4) is 0 Å². The zero-order valence-electron chi connectivity index (χ0n) is 21.6. The van der Waals surface area contributed by atoms with Gasteiger partial charge in [0, 0.05) is 44.3 Å². The van der Waals surface area contributed by atoms with Crippen LogP contribution < -0.4 is 9.64 Å². The van der Waals surface area contributed by atoms with E-state index in [1.807, 2.05) is 50.8 Å². The zero-order chi connectivity index (χ0) is 26.3. The van der Waals surface area contributed by atoms with E-state index in [-0.39, 0.29) is 18.9 Å². The number of amides is 1. The molecule has 1 atom stereocenters. The number of methoxy groups -OCH3 is 1. The number of oxazole rings is 1. The first-order valence-corrected chi connectivity index (χ1v) is 12.2. The van der Waals surface area contributed by atoms with Crippen molar-refractivity contribution in [3.63, 3.8) is 0 Å². The summed E-state index contributed by atoms with van der Waals surface area (Å²) >= 11 is 0. The third-order valence-corrected chi connectivity index (χ3v) is 6.62. The van der Waals surface area contributed by atoms with Gasteiger partial charge in [-0.1, -0.05) is 0 Å². The monoisotopic (exact) mass is 506 g/mol. The smallest absolute Gasteiger partial charge is 0.407 e. The molecule has 11 nitrogen and oxygen atoms in total. The highest BCUT2D eigenvalue weighted by Crippen LogP contribution is 2.38. The largest absolute Gasteiger partial charge is 0.466 e. The predicted molar refractivity (Wildman–Crippen MR) is 138 cm³/mol. The highest BCUT2D eigenvalue weighted by atomic mass is 16.7. The third kappa shape index (κ3) is 4.62. The zero-order valence-corrected chi connectivity index (χ0v) is 21.6. The summed E-state index contributed by atoms with van der Waals surface area (Å²) in [6.07, 6.45) is 1.53. The number of carboxylic acid groups (broad SMARTS) is 1. The molecule has 1 aliphatic heterocycles. The van der Waals surface area contributed by atoms with Crippen molar-refractivity contribution in [2.45, 2.75) is 46.2 Å². The Bertz CT molecular complexity index is 1470. The Morgan fingerprint density at radius 3 is 2.78 bits per heavy atom. The molecular weight excluding hydrogens is 476 g/mol. The number of aromatic nitrogens is 4. The Hall–Kier alpha value is -3.99. The van der Waals surface area contributed by atoms with Crippen molar-refractivity contribution in [1.29, 1.82) is 0 Å². The standard InChI is InChI=1S/C26H30N6O5/c1-14(2)32(26(33)34)17-8-9-31(12-17)25-27-11-21-20(30-25)7-6-19(29-21)18-10-22-23(28-16(4)37-22)15(3)24(18)36-13-35-5/h6-7,10-11,14,17H,8-9,12-13H2,1-5H3,(H,33,34)/t17-/m1/s1. The van der Waals surface area contributed by atoms with Gasteiger partial charge in [-0.25, -0.2) is 24.7 Å². The SMILES string of the molecule is COCOc1c(-c2ccc3nc(N4CC[C@@H](N(C(=O)O)C(C)C)C4)ncc3n2)cc2oc(C)nc2c1C. The molecule has 0 aliphatic carbocycles. The molecule has 1 aliphatic rings. The number of carbonyl (C=O) groups is 1. The molecule has 1 amide bonds. The topological polar surface area (TPSA) is 127 Å².